The van der Waals surface area contributed by atoms with Crippen molar-refractivity contribution >= 4 is 17.2 Å². The number of carbonyl (C=O) groups is 1. The van der Waals surface area contributed by atoms with Gasteiger partial charge in [-0.1, -0.05) is 71.6 Å². The lowest BCUT2D eigenvalue weighted by Gasteiger charge is -2.17. The maximum atomic E-state index is 13.3. The van der Waals surface area contributed by atoms with Crippen molar-refractivity contribution in [2.45, 2.75) is 33.5 Å². The van der Waals surface area contributed by atoms with E-state index in [0.717, 1.165) is 10.6 Å². The maximum absolute atomic E-state index is 13.3. The normalized spacial score (nSPS) is 24.9. The molecule has 0 radical (unpaired) electrons. The lowest BCUT2D eigenvalue weighted by atomic mass is 10.1. The van der Waals surface area contributed by atoms with Crippen LogP contribution in [0.25, 0.3) is 33.8 Å². The fourth-order valence-corrected chi connectivity index (χ4v) is 3.38. The molecule has 41 heavy (non-hydrogen) atoms. The van der Waals surface area contributed by atoms with Gasteiger partial charge in [-0.2, -0.15) is 0 Å². The minimum absolute atomic E-state index is 0.215. The molecule has 7 heteroatoms. The van der Waals surface area contributed by atoms with Crippen LogP contribution in [0.1, 0.15) is 77.9 Å². The van der Waals surface area contributed by atoms with Crippen LogP contribution in [0.5, 0.6) is 0 Å². The predicted molar refractivity (Wildman–Crippen MR) is 164 cm³/mol. The number of benzene rings is 2. The van der Waals surface area contributed by atoms with Crippen molar-refractivity contribution in [2.24, 2.45) is 0 Å². The lowest BCUT2D eigenvalue weighted by molar-refractivity contribution is -0.138. The summed E-state index contributed by atoms with van der Waals surface area (Å²) in [5, 5.41) is 11.2. The molecule has 2 aromatic carbocycles. The van der Waals surface area contributed by atoms with E-state index in [2.05, 4.69) is 9.97 Å². The van der Waals surface area contributed by atoms with Crippen LogP contribution in [0.15, 0.2) is 91.1 Å². The van der Waals surface area contributed by atoms with E-state index in [4.69, 9.17) is 43.9 Å². The van der Waals surface area contributed by atoms with E-state index >= 15 is 0 Å². The summed E-state index contributed by atoms with van der Waals surface area (Å²) in [5.74, 6) is -2.08. The fraction of sp³-hybridized carbons (Fsp3) is 0.206. The third-order valence-electron chi connectivity index (χ3n) is 5.13. The third kappa shape index (κ3) is 5.90. The molecule has 1 amide bonds. The molecular weight excluding hydrogens is 510 g/mol. The summed E-state index contributed by atoms with van der Waals surface area (Å²) < 4.78 is 252. The zero-order valence-corrected chi connectivity index (χ0v) is 20.2. The number of aliphatic hydroxyl groups is 1. The zero-order chi connectivity index (χ0) is 56.4. The second-order valence-electron chi connectivity index (χ2n) is 7.87. The summed E-state index contributed by atoms with van der Waals surface area (Å²) in [7, 11) is 0. The second-order valence-corrected chi connectivity index (χ2v) is 7.87. The van der Waals surface area contributed by atoms with Crippen LogP contribution < -0.4 is 0 Å². The van der Waals surface area contributed by atoms with Crippen molar-refractivity contribution in [3.63, 3.8) is 0 Å². The molecule has 0 aliphatic heterocycles. The second kappa shape index (κ2) is 11.4. The molecule has 6 rings (SSSR count). The molecule has 1 unspecified atom stereocenters. The van der Waals surface area contributed by atoms with Crippen LogP contribution in [-0.4, -0.2) is 48.6 Å². The van der Waals surface area contributed by atoms with Gasteiger partial charge in [-0.05, 0) is 50.6 Å². The van der Waals surface area contributed by atoms with Gasteiger partial charge in [0.15, 0.2) is 6.10 Å². The number of rotatable bonds is 4. The molecule has 0 fully saturated rings. The van der Waals surface area contributed by atoms with Crippen LogP contribution in [0.3, 0.4) is 0 Å². The number of amides is 1. The monoisotopic (exact) mass is 577 g/mol. The Morgan fingerprint density at radius 2 is 1.37 bits per heavy atom. The zero-order valence-electron chi connectivity index (χ0n) is 52.2. The molecule has 1 atom stereocenters. The Labute approximate surface area is 285 Å². The Morgan fingerprint density at radius 1 is 0.780 bits per heavy atom. The molecule has 6 aromatic rings. The topological polar surface area (TPSA) is 75.1 Å². The molecular formula is C34H35N5O2. The third-order valence-corrected chi connectivity index (χ3v) is 5.13. The number of aromatic nitrogens is 4. The van der Waals surface area contributed by atoms with E-state index in [1.54, 1.807) is 0 Å². The number of aliphatic hydroxyl groups excluding tert-OH is 1. The molecule has 7 nitrogen and oxygen atoms in total. The van der Waals surface area contributed by atoms with Gasteiger partial charge in [0.05, 0.1) is 36.3 Å². The summed E-state index contributed by atoms with van der Waals surface area (Å²) in [6.07, 6.45) is -3.72. The van der Waals surface area contributed by atoms with Gasteiger partial charge in [-0.3, -0.25) is 9.20 Å². The molecule has 4 heterocycles. The highest BCUT2D eigenvalue weighted by atomic mass is 16.3. The number of hydrogen-bond acceptors (Lipinski definition) is 4. The van der Waals surface area contributed by atoms with Gasteiger partial charge in [-0.25, -0.2) is 9.97 Å². The summed E-state index contributed by atoms with van der Waals surface area (Å²) in [4.78, 5) is 20.6. The van der Waals surface area contributed by atoms with Crippen molar-refractivity contribution in [3.8, 4) is 22.5 Å². The summed E-state index contributed by atoms with van der Waals surface area (Å²) in [6.45, 7) is -19.6. The van der Waals surface area contributed by atoms with Gasteiger partial charge in [-0.15, -0.1) is 0 Å². The molecule has 0 saturated heterocycles. The summed E-state index contributed by atoms with van der Waals surface area (Å²) in [5.41, 5.74) is -8.26. The molecule has 1 N–H and O–H groups in total. The number of fused-ring (bicyclic) bond motifs is 2. The first-order chi connectivity index (χ1) is 32.8. The number of carbonyl (C=O) groups excluding carboxylic acids is 1. The quantitative estimate of drug-likeness (QED) is 0.265. The highest BCUT2D eigenvalue weighted by Crippen LogP contribution is 2.30. The van der Waals surface area contributed by atoms with E-state index in [1.807, 2.05) is 0 Å². The fourth-order valence-electron chi connectivity index (χ4n) is 3.38. The predicted octanol–water partition coefficient (Wildman–Crippen LogP) is 6.36. The summed E-state index contributed by atoms with van der Waals surface area (Å²) >= 11 is 0. The smallest absolute Gasteiger partial charge is 0.257 e. The highest BCUT2D eigenvalue weighted by Gasteiger charge is 2.27. The van der Waals surface area contributed by atoms with Crippen LogP contribution in [-0.2, 0) is 4.79 Å². The average Bonchev–Trinajstić information content (AvgIpc) is 3.82. The number of nitrogens with zero attached hydrogens (tertiary/aromatic N) is 5. The van der Waals surface area contributed by atoms with Crippen molar-refractivity contribution in [2.75, 3.05) is 14.0 Å². The average molecular weight is 578 g/mol. The van der Waals surface area contributed by atoms with E-state index < -0.39 is 188 Å². The Balaban J connectivity index is 0.000000288. The SMILES string of the molecule is [2H]c1c([2H])c(C([2H])([2H])[2H])c([2H])c([2H])c1-c1cn2c([2H])c(C([2H])([2H])[2H])c([2H])c([2H])c2n1.[2H]c1c([2H])c(C([2H])([2H])[2H])c([2H])c([2H])c1-c1nc2c([2H])c([2H])c(C([2H])([2H])[2H])c([2H])n2c1C(O)C(=O)N(C([2H])([2H])[2H])C([2H])([2H])[2H]. The Kier molecular flexibility index (Phi) is 2.40. The number of likely N-dealkylation sites (N-methyl/N-ethyl adjacent to an activating group) is 1. The molecule has 0 bridgehead atoms. The van der Waals surface area contributed by atoms with Crippen molar-refractivity contribution in [1.82, 2.24) is 23.7 Å². The molecule has 208 valence electrons. The van der Waals surface area contributed by atoms with Crippen LogP contribution in [0.4, 0.5) is 0 Å². The van der Waals surface area contributed by atoms with E-state index in [0.29, 0.717) is 4.40 Å². The van der Waals surface area contributed by atoms with Crippen LogP contribution in [0, 0.1) is 27.4 Å². The first-order valence-electron chi connectivity index (χ1n) is 27.0. The lowest BCUT2D eigenvalue weighted by Crippen LogP contribution is -2.29. The van der Waals surface area contributed by atoms with Gasteiger partial charge in [0.25, 0.3) is 5.91 Å². The maximum Gasteiger partial charge on any atom is 0.257 e. The highest BCUT2D eigenvalue weighted by molar-refractivity contribution is 5.84. The molecule has 4 aromatic heterocycles. The molecule has 0 aliphatic rings. The largest absolute Gasteiger partial charge is 0.377 e. The van der Waals surface area contributed by atoms with Gasteiger partial charge < -0.3 is 14.4 Å². The van der Waals surface area contributed by atoms with Gasteiger partial charge in [0.1, 0.15) is 11.3 Å². The van der Waals surface area contributed by atoms with Gasteiger partial charge in [0, 0.05) is 68.3 Å². The van der Waals surface area contributed by atoms with Crippen LogP contribution >= 0.6 is 0 Å². The van der Waals surface area contributed by atoms with E-state index in [9.17, 15) is 9.90 Å². The standard InChI is InChI=1S/C19H21N3O2.C15H14N2/c1-12-5-8-14(9-6-12)16-17(18(23)19(24)21(3)4)22-11-13(2)7-10-15(22)20-16;1-11-3-6-13(7-4-11)14-10-17-9-12(2)5-8-15(17)16-14/h5-11,18,23H,1-4H3;3-10H,1-2H3/i1D3,2D3,3D3,4D3,5D,6D,7D,8D,9D,10D,11D;1D3,2D3,3D,4D,5D,6D,7D,8D,9D. The summed E-state index contributed by atoms with van der Waals surface area (Å²) in [6, 6.07) is -10.7. The molecule has 0 spiro atoms. The van der Waals surface area contributed by atoms with Crippen molar-refractivity contribution < 1.29 is 53.8 Å². The minimum Gasteiger partial charge on any atom is -0.377 e. The number of imidazole rings is 2. The minimum atomic E-state index is -3.71. The molecule has 0 saturated carbocycles. The van der Waals surface area contributed by atoms with E-state index in [1.165, 1.54) is 0 Å². The van der Waals surface area contributed by atoms with E-state index in [-0.39, 0.29) is 16.9 Å². The van der Waals surface area contributed by atoms with Crippen molar-refractivity contribution in [3.05, 3.63) is 119 Å². The van der Waals surface area contributed by atoms with Crippen LogP contribution in [0.2, 0.25) is 0 Å². The Morgan fingerprint density at radius 3 is 2.00 bits per heavy atom. The first-order valence-corrected chi connectivity index (χ1v) is 11.0. The first kappa shape index (κ1) is 8.63. The van der Waals surface area contributed by atoms with Gasteiger partial charge in [0.2, 0.25) is 0 Å². The Hall–Kier alpha value is -4.75. The van der Waals surface area contributed by atoms with Gasteiger partial charge >= 0.3 is 0 Å². The number of hydrogen-bond donors (Lipinski definition) is 1. The molecule has 0 aliphatic carbocycles. The number of pyridine rings is 2. The van der Waals surface area contributed by atoms with Crippen molar-refractivity contribution in [1.29, 1.82) is 0 Å². The Bertz CT molecular complexity index is 3170.